The molecule has 0 fully saturated rings. The highest BCUT2D eigenvalue weighted by Crippen LogP contribution is 2.26. The minimum Gasteiger partial charge on any atom is -0.504 e. The van der Waals surface area contributed by atoms with Crippen molar-refractivity contribution in [1.82, 2.24) is 0 Å². The number of hydrogen-bond donors (Lipinski definition) is 0. The lowest BCUT2D eigenvalue weighted by atomic mass is 10.0. The number of rotatable bonds is 6. The lowest BCUT2D eigenvalue weighted by molar-refractivity contribution is -0.106. The second-order valence-corrected chi connectivity index (χ2v) is 6.25. The molecule has 126 valence electrons. The van der Waals surface area contributed by atoms with E-state index in [0.717, 1.165) is 28.0 Å². The molecule has 4 heteroatoms. The molecule has 0 heterocycles. The lowest BCUT2D eigenvalue weighted by Crippen LogP contribution is -2.05. The maximum atomic E-state index is 12.2. The van der Waals surface area contributed by atoms with Gasteiger partial charge >= 0.3 is 0 Å². The number of aryl methyl sites for hydroxylation is 2. The van der Waals surface area contributed by atoms with E-state index < -0.39 is 0 Å². The molecule has 0 saturated heterocycles. The van der Waals surface area contributed by atoms with Gasteiger partial charge in [0.05, 0.1) is 18.9 Å². The molecule has 0 spiro atoms. The van der Waals surface area contributed by atoms with Gasteiger partial charge in [-0.3, -0.25) is 4.79 Å². The largest absolute Gasteiger partial charge is 0.504 e. The molecule has 0 bridgehead atoms. The molecule has 0 aliphatic rings. The van der Waals surface area contributed by atoms with Crippen LogP contribution in [0.3, 0.4) is 0 Å². The topological polar surface area (TPSA) is 35.5 Å². The van der Waals surface area contributed by atoms with E-state index in [2.05, 4.69) is 6.07 Å². The second kappa shape index (κ2) is 8.60. The van der Waals surface area contributed by atoms with Crippen LogP contribution < -0.4 is 4.74 Å². The minimum atomic E-state index is -0.0314. The van der Waals surface area contributed by atoms with Gasteiger partial charge in [0.1, 0.15) is 12.4 Å². The zero-order valence-corrected chi connectivity index (χ0v) is 15.3. The normalized spacial score (nSPS) is 11.2. The van der Waals surface area contributed by atoms with Gasteiger partial charge in [0, 0.05) is 0 Å². The van der Waals surface area contributed by atoms with E-state index >= 15 is 0 Å². The number of hydrogen-bond acceptors (Lipinski definition) is 4. The monoisotopic (exact) mass is 342 g/mol. The van der Waals surface area contributed by atoms with E-state index in [1.807, 2.05) is 50.2 Å². The Morgan fingerprint density at radius 3 is 2.62 bits per heavy atom. The average Bonchev–Trinajstić information content (AvgIpc) is 2.60. The maximum absolute atomic E-state index is 12.2. The molecule has 2 aromatic carbocycles. The lowest BCUT2D eigenvalue weighted by Gasteiger charge is -2.14. The molecule has 0 aliphatic heterocycles. The standard InChI is InChI=1S/C20H22O3S/c1-14-9-10-15(2)19(11-14)23-12-16-7-5-6-8-17(16)18(13-22-3)20(21)24-4/h5-11,13H,12H2,1-4H3. The van der Waals surface area contributed by atoms with Gasteiger partial charge < -0.3 is 9.47 Å². The fourth-order valence-corrected chi connectivity index (χ4v) is 2.75. The van der Waals surface area contributed by atoms with E-state index in [0.29, 0.717) is 12.2 Å². The van der Waals surface area contributed by atoms with Gasteiger partial charge in [-0.1, -0.05) is 48.2 Å². The van der Waals surface area contributed by atoms with Crippen molar-refractivity contribution < 1.29 is 14.3 Å². The van der Waals surface area contributed by atoms with E-state index in [4.69, 9.17) is 9.47 Å². The molecule has 0 saturated carbocycles. The van der Waals surface area contributed by atoms with Gasteiger partial charge in [-0.15, -0.1) is 0 Å². The quantitative estimate of drug-likeness (QED) is 0.560. The average molecular weight is 342 g/mol. The Kier molecular flexibility index (Phi) is 6.50. The molecule has 0 N–H and O–H groups in total. The van der Waals surface area contributed by atoms with Gasteiger partial charge in [-0.2, -0.15) is 0 Å². The Balaban J connectivity index is 2.30. The highest BCUT2D eigenvalue weighted by Gasteiger charge is 2.15. The molecule has 0 unspecified atom stereocenters. The van der Waals surface area contributed by atoms with Crippen LogP contribution in [0.15, 0.2) is 48.7 Å². The second-order valence-electron chi connectivity index (χ2n) is 5.47. The van der Waals surface area contributed by atoms with Crippen LogP contribution in [-0.2, 0) is 16.1 Å². The summed E-state index contributed by atoms with van der Waals surface area (Å²) in [6.45, 7) is 4.45. The summed E-state index contributed by atoms with van der Waals surface area (Å²) in [4.78, 5) is 12.2. The first-order chi connectivity index (χ1) is 11.6. The Morgan fingerprint density at radius 1 is 1.17 bits per heavy atom. The number of methoxy groups -OCH3 is 1. The zero-order valence-electron chi connectivity index (χ0n) is 14.5. The van der Waals surface area contributed by atoms with Crippen LogP contribution in [-0.4, -0.2) is 18.5 Å². The summed E-state index contributed by atoms with van der Waals surface area (Å²) >= 11 is 1.17. The number of ether oxygens (including phenoxy) is 2. The van der Waals surface area contributed by atoms with Gasteiger partial charge in [-0.05, 0) is 48.4 Å². The molecular weight excluding hydrogens is 320 g/mol. The van der Waals surface area contributed by atoms with Crippen LogP contribution in [0.25, 0.3) is 5.57 Å². The minimum absolute atomic E-state index is 0.0314. The third-order valence-electron chi connectivity index (χ3n) is 3.68. The zero-order chi connectivity index (χ0) is 17.5. The summed E-state index contributed by atoms with van der Waals surface area (Å²) in [5, 5.41) is -0.0314. The van der Waals surface area contributed by atoms with E-state index in [1.165, 1.54) is 18.0 Å². The fraction of sp³-hybridized carbons (Fsp3) is 0.250. The summed E-state index contributed by atoms with van der Waals surface area (Å²) in [6.07, 6.45) is 3.26. The molecule has 2 rings (SSSR count). The summed E-state index contributed by atoms with van der Waals surface area (Å²) < 4.78 is 11.1. The van der Waals surface area contributed by atoms with Crippen molar-refractivity contribution >= 4 is 22.5 Å². The number of benzene rings is 2. The van der Waals surface area contributed by atoms with Crippen LogP contribution in [0.1, 0.15) is 22.3 Å². The van der Waals surface area contributed by atoms with Gasteiger partial charge in [0.2, 0.25) is 5.12 Å². The van der Waals surface area contributed by atoms with E-state index in [-0.39, 0.29) is 5.12 Å². The fourth-order valence-electron chi connectivity index (χ4n) is 2.38. The summed E-state index contributed by atoms with van der Waals surface area (Å²) in [6, 6.07) is 13.9. The SMILES string of the molecule is COC=C(C(=O)SC)c1ccccc1COc1cc(C)ccc1C. The Morgan fingerprint density at radius 2 is 1.92 bits per heavy atom. The highest BCUT2D eigenvalue weighted by molar-refractivity contribution is 8.14. The van der Waals surface area contributed by atoms with E-state index in [9.17, 15) is 4.79 Å². The first kappa shape index (κ1) is 18.1. The Labute approximate surface area is 147 Å². The van der Waals surface area contributed by atoms with Crippen LogP contribution in [0.5, 0.6) is 5.75 Å². The van der Waals surface area contributed by atoms with Gasteiger partial charge in [0.15, 0.2) is 0 Å². The Hall–Kier alpha value is -2.20. The molecule has 0 aromatic heterocycles. The van der Waals surface area contributed by atoms with Crippen LogP contribution in [0.4, 0.5) is 0 Å². The number of thioether (sulfide) groups is 1. The van der Waals surface area contributed by atoms with Gasteiger partial charge in [0.25, 0.3) is 0 Å². The molecule has 0 amide bonds. The molecule has 0 atom stereocenters. The maximum Gasteiger partial charge on any atom is 0.222 e. The molecular formula is C20H22O3S. The number of carbonyl (C=O) groups excluding carboxylic acids is 1. The van der Waals surface area contributed by atoms with Crippen LogP contribution in [0, 0.1) is 13.8 Å². The van der Waals surface area contributed by atoms with Crippen molar-refractivity contribution in [3.63, 3.8) is 0 Å². The first-order valence-electron chi connectivity index (χ1n) is 7.66. The molecule has 2 aromatic rings. The Bertz CT molecular complexity index is 750. The smallest absolute Gasteiger partial charge is 0.222 e. The summed E-state index contributed by atoms with van der Waals surface area (Å²) in [5.41, 5.74) is 4.57. The van der Waals surface area contributed by atoms with Crippen molar-refractivity contribution in [3.05, 3.63) is 71.0 Å². The summed E-state index contributed by atoms with van der Waals surface area (Å²) in [7, 11) is 1.54. The predicted octanol–water partition coefficient (Wildman–Crippen LogP) is 4.76. The van der Waals surface area contributed by atoms with Crippen molar-refractivity contribution in [2.45, 2.75) is 20.5 Å². The molecule has 24 heavy (non-hydrogen) atoms. The third-order valence-corrected chi connectivity index (χ3v) is 4.27. The molecule has 0 aliphatic carbocycles. The van der Waals surface area contributed by atoms with Gasteiger partial charge in [-0.25, -0.2) is 0 Å². The van der Waals surface area contributed by atoms with Crippen molar-refractivity contribution in [2.75, 3.05) is 13.4 Å². The van der Waals surface area contributed by atoms with Crippen molar-refractivity contribution in [3.8, 4) is 5.75 Å². The highest BCUT2D eigenvalue weighted by atomic mass is 32.2. The van der Waals surface area contributed by atoms with E-state index in [1.54, 1.807) is 13.4 Å². The third kappa shape index (κ3) is 4.42. The van der Waals surface area contributed by atoms with Crippen LogP contribution >= 0.6 is 11.8 Å². The van der Waals surface area contributed by atoms with Crippen LogP contribution in [0.2, 0.25) is 0 Å². The first-order valence-corrected chi connectivity index (χ1v) is 8.89. The summed E-state index contributed by atoms with van der Waals surface area (Å²) in [5.74, 6) is 0.860. The van der Waals surface area contributed by atoms with Crippen molar-refractivity contribution in [1.29, 1.82) is 0 Å². The van der Waals surface area contributed by atoms with Crippen molar-refractivity contribution in [2.24, 2.45) is 0 Å². The number of carbonyl (C=O) groups is 1. The molecule has 3 nitrogen and oxygen atoms in total. The predicted molar refractivity (Wildman–Crippen MR) is 100 cm³/mol. The molecule has 0 radical (unpaired) electrons.